The molecule has 0 aliphatic heterocycles. The van der Waals surface area contributed by atoms with E-state index in [1.165, 1.54) is 0 Å². The van der Waals surface area contributed by atoms with Gasteiger partial charge in [-0.15, -0.1) is 11.5 Å². The molecule has 0 aromatic rings. The highest BCUT2D eigenvalue weighted by atomic mass is 28.3. The third-order valence-corrected chi connectivity index (χ3v) is 3.05. The first-order valence-corrected chi connectivity index (χ1v) is 10.3. The molecule has 102 valence electrons. The summed E-state index contributed by atoms with van der Waals surface area (Å²) in [4.78, 5) is 11.0. The van der Waals surface area contributed by atoms with Crippen molar-refractivity contribution in [1.29, 1.82) is 0 Å². The summed E-state index contributed by atoms with van der Waals surface area (Å²) >= 11 is 0. The summed E-state index contributed by atoms with van der Waals surface area (Å²) in [6.45, 7) is 9.08. The minimum Gasteiger partial charge on any atom is -0.466 e. The average molecular weight is 266 g/mol. The molecular weight excluding hydrogens is 240 g/mol. The van der Waals surface area contributed by atoms with Crippen LogP contribution in [0.25, 0.3) is 0 Å². The van der Waals surface area contributed by atoms with Gasteiger partial charge in [-0.3, -0.25) is 4.79 Å². The van der Waals surface area contributed by atoms with Gasteiger partial charge in [0.25, 0.3) is 0 Å². The van der Waals surface area contributed by atoms with Crippen molar-refractivity contribution >= 4 is 14.0 Å². The standard InChI is InChI=1S/C15H26O2Si/c1-5-17-15(16)13-11-9-7-6-8-10-12-14-18(2,3)4/h7,9H,5-6,8,10-11,13H2,1-4H3/b9-7+. The number of ether oxygens (including phenoxy) is 1. The fourth-order valence-corrected chi connectivity index (χ4v) is 1.96. The first-order chi connectivity index (χ1) is 8.45. The predicted molar refractivity (Wildman–Crippen MR) is 80.0 cm³/mol. The molecule has 0 fully saturated rings. The topological polar surface area (TPSA) is 26.3 Å². The molecule has 0 aliphatic rings. The Bertz CT molecular complexity index is 316. The van der Waals surface area contributed by atoms with E-state index in [0.717, 1.165) is 25.7 Å². The van der Waals surface area contributed by atoms with E-state index in [-0.39, 0.29) is 5.97 Å². The van der Waals surface area contributed by atoms with E-state index >= 15 is 0 Å². The fourth-order valence-electron chi connectivity index (χ4n) is 1.31. The highest BCUT2D eigenvalue weighted by molar-refractivity contribution is 6.83. The zero-order chi connectivity index (χ0) is 13.9. The van der Waals surface area contributed by atoms with Gasteiger partial charge in [-0.05, 0) is 26.2 Å². The fraction of sp³-hybridized carbons (Fsp3) is 0.667. The quantitative estimate of drug-likeness (QED) is 0.229. The van der Waals surface area contributed by atoms with E-state index in [9.17, 15) is 4.79 Å². The Labute approximate surface area is 113 Å². The van der Waals surface area contributed by atoms with Crippen LogP contribution in [-0.4, -0.2) is 20.7 Å². The zero-order valence-electron chi connectivity index (χ0n) is 12.2. The summed E-state index contributed by atoms with van der Waals surface area (Å²) in [5, 5.41) is 0. The molecule has 0 saturated heterocycles. The van der Waals surface area contributed by atoms with Crippen LogP contribution >= 0.6 is 0 Å². The predicted octanol–water partition coefficient (Wildman–Crippen LogP) is 3.94. The van der Waals surface area contributed by atoms with E-state index in [1.54, 1.807) is 0 Å². The summed E-state index contributed by atoms with van der Waals surface area (Å²) in [5.41, 5.74) is 3.36. The van der Waals surface area contributed by atoms with Gasteiger partial charge in [0.2, 0.25) is 0 Å². The number of carbonyl (C=O) groups excluding carboxylic acids is 1. The lowest BCUT2D eigenvalue weighted by molar-refractivity contribution is -0.142. The van der Waals surface area contributed by atoms with E-state index in [4.69, 9.17) is 4.74 Å². The van der Waals surface area contributed by atoms with Crippen LogP contribution in [0.1, 0.15) is 39.0 Å². The summed E-state index contributed by atoms with van der Waals surface area (Å²) in [6, 6.07) is 0. The van der Waals surface area contributed by atoms with E-state index in [2.05, 4.69) is 43.3 Å². The van der Waals surface area contributed by atoms with Gasteiger partial charge < -0.3 is 4.74 Å². The molecule has 0 aromatic carbocycles. The van der Waals surface area contributed by atoms with Gasteiger partial charge in [0, 0.05) is 12.8 Å². The van der Waals surface area contributed by atoms with Crippen molar-refractivity contribution in [2.24, 2.45) is 0 Å². The molecule has 0 aromatic heterocycles. The maximum atomic E-state index is 11.0. The molecule has 3 heteroatoms. The third-order valence-electron chi connectivity index (χ3n) is 2.12. The Morgan fingerprint density at radius 1 is 1.22 bits per heavy atom. The lowest BCUT2D eigenvalue weighted by Crippen LogP contribution is -2.16. The molecule has 0 aliphatic carbocycles. The second kappa shape index (κ2) is 9.96. The molecule has 0 spiro atoms. The second-order valence-electron chi connectivity index (χ2n) is 5.26. The Hall–Kier alpha value is -1.01. The van der Waals surface area contributed by atoms with Crippen LogP contribution in [0.5, 0.6) is 0 Å². The largest absolute Gasteiger partial charge is 0.466 e. The van der Waals surface area contributed by atoms with Gasteiger partial charge >= 0.3 is 5.97 Å². The Morgan fingerprint density at radius 3 is 2.50 bits per heavy atom. The SMILES string of the molecule is CCOC(=O)CC/C=C/CCCC#C[Si](C)(C)C. The van der Waals surface area contributed by atoms with Gasteiger partial charge in [-0.2, -0.15) is 0 Å². The minimum absolute atomic E-state index is 0.108. The highest BCUT2D eigenvalue weighted by Gasteiger charge is 2.06. The van der Waals surface area contributed by atoms with Crippen molar-refractivity contribution in [3.05, 3.63) is 12.2 Å². The van der Waals surface area contributed by atoms with Crippen LogP contribution < -0.4 is 0 Å². The lowest BCUT2D eigenvalue weighted by Gasteiger charge is -2.02. The normalized spacial score (nSPS) is 11.1. The third kappa shape index (κ3) is 13.1. The Kier molecular flexibility index (Phi) is 9.40. The van der Waals surface area contributed by atoms with E-state index in [1.807, 2.05) is 6.92 Å². The average Bonchev–Trinajstić information content (AvgIpc) is 2.25. The number of allylic oxidation sites excluding steroid dienone is 2. The van der Waals surface area contributed by atoms with Crippen LogP contribution in [0, 0.1) is 11.5 Å². The van der Waals surface area contributed by atoms with Crippen molar-refractivity contribution in [2.45, 2.75) is 58.7 Å². The van der Waals surface area contributed by atoms with Crippen LogP contribution in [0.15, 0.2) is 12.2 Å². The van der Waals surface area contributed by atoms with Crippen molar-refractivity contribution in [3.63, 3.8) is 0 Å². The maximum Gasteiger partial charge on any atom is 0.306 e. The molecule has 0 N–H and O–H groups in total. The number of hydrogen-bond donors (Lipinski definition) is 0. The van der Waals surface area contributed by atoms with Crippen molar-refractivity contribution in [1.82, 2.24) is 0 Å². The van der Waals surface area contributed by atoms with Crippen LogP contribution in [0.2, 0.25) is 19.6 Å². The minimum atomic E-state index is -1.19. The van der Waals surface area contributed by atoms with Gasteiger partial charge in [0.05, 0.1) is 6.61 Å². The Morgan fingerprint density at radius 2 is 1.89 bits per heavy atom. The second-order valence-corrected chi connectivity index (χ2v) is 10.0. The van der Waals surface area contributed by atoms with E-state index < -0.39 is 8.07 Å². The van der Waals surface area contributed by atoms with Gasteiger partial charge in [-0.25, -0.2) is 0 Å². The summed E-state index contributed by atoms with van der Waals surface area (Å²) in [7, 11) is -1.19. The van der Waals surface area contributed by atoms with E-state index in [0.29, 0.717) is 13.0 Å². The summed E-state index contributed by atoms with van der Waals surface area (Å²) < 4.78 is 4.85. The summed E-state index contributed by atoms with van der Waals surface area (Å²) in [6.07, 6.45) is 8.58. The van der Waals surface area contributed by atoms with Gasteiger partial charge in [0.1, 0.15) is 8.07 Å². The molecule has 0 atom stereocenters. The molecule has 0 rings (SSSR count). The smallest absolute Gasteiger partial charge is 0.306 e. The van der Waals surface area contributed by atoms with Crippen molar-refractivity contribution in [2.75, 3.05) is 6.61 Å². The zero-order valence-corrected chi connectivity index (χ0v) is 13.2. The molecule has 0 unspecified atom stereocenters. The number of unbranched alkanes of at least 4 members (excludes halogenated alkanes) is 2. The Balaban J connectivity index is 3.49. The van der Waals surface area contributed by atoms with Crippen molar-refractivity contribution < 1.29 is 9.53 Å². The van der Waals surface area contributed by atoms with Crippen molar-refractivity contribution in [3.8, 4) is 11.5 Å². The first-order valence-electron chi connectivity index (χ1n) is 6.76. The molecule has 2 nitrogen and oxygen atoms in total. The number of esters is 1. The first kappa shape index (κ1) is 17.0. The molecule has 18 heavy (non-hydrogen) atoms. The van der Waals surface area contributed by atoms with Crippen LogP contribution in [0.4, 0.5) is 0 Å². The molecular formula is C15H26O2Si. The van der Waals surface area contributed by atoms with Gasteiger partial charge in [-0.1, -0.05) is 31.8 Å². The highest BCUT2D eigenvalue weighted by Crippen LogP contribution is 2.01. The number of rotatable bonds is 7. The summed E-state index contributed by atoms with van der Waals surface area (Å²) in [5.74, 6) is 3.15. The monoisotopic (exact) mass is 266 g/mol. The number of carbonyl (C=O) groups is 1. The molecule has 0 amide bonds. The maximum absolute atomic E-state index is 11.0. The van der Waals surface area contributed by atoms with Gasteiger partial charge in [0.15, 0.2) is 0 Å². The molecule has 0 radical (unpaired) electrons. The molecule has 0 heterocycles. The van der Waals surface area contributed by atoms with Crippen LogP contribution in [0.3, 0.4) is 0 Å². The molecule has 0 saturated carbocycles. The molecule has 0 bridgehead atoms. The van der Waals surface area contributed by atoms with Crippen LogP contribution in [-0.2, 0) is 9.53 Å². The lowest BCUT2D eigenvalue weighted by atomic mass is 10.2. The number of hydrogen-bond acceptors (Lipinski definition) is 2.